The zero-order valence-corrected chi connectivity index (χ0v) is 17.6. The zero-order valence-electron chi connectivity index (χ0n) is 17.6. The number of benzene rings is 1. The number of esters is 1. The number of nitrogens with one attached hydrogen (secondary N) is 2. The van der Waals surface area contributed by atoms with Crippen LogP contribution in [0.1, 0.15) is 48.7 Å². The smallest absolute Gasteiger partial charge is 0.341 e. The van der Waals surface area contributed by atoms with Gasteiger partial charge >= 0.3 is 12.0 Å². The van der Waals surface area contributed by atoms with Crippen LogP contribution >= 0.6 is 0 Å². The third-order valence-electron chi connectivity index (χ3n) is 6.05. The minimum atomic E-state index is -0.375. The van der Waals surface area contributed by atoms with Crippen molar-refractivity contribution in [3.8, 4) is 5.69 Å². The van der Waals surface area contributed by atoms with Crippen LogP contribution in [0.2, 0.25) is 0 Å². The second kappa shape index (κ2) is 8.87. The van der Waals surface area contributed by atoms with E-state index in [9.17, 15) is 9.59 Å². The van der Waals surface area contributed by atoms with Crippen LogP contribution in [0.15, 0.2) is 30.5 Å². The standard InChI is InChI=1S/C22H29N5O3/c1-3-30-21(28)18-14-23-27(15(18)2)17-9-7-16(8-10-17)24-22(29)25-19-11-13-26-12-5-4-6-20(19)26/h7-10,14,19-20H,3-6,11-13H2,1-2H3,(H2,24,25,29)/t19-,20+/m1/s1. The molecule has 2 aliphatic rings. The lowest BCUT2D eigenvalue weighted by atomic mass is 9.99. The second-order valence-electron chi connectivity index (χ2n) is 7.92. The summed E-state index contributed by atoms with van der Waals surface area (Å²) in [5.41, 5.74) is 2.68. The highest BCUT2D eigenvalue weighted by atomic mass is 16.5. The lowest BCUT2D eigenvalue weighted by Crippen LogP contribution is -2.47. The van der Waals surface area contributed by atoms with Gasteiger partial charge in [-0.1, -0.05) is 6.42 Å². The van der Waals surface area contributed by atoms with Gasteiger partial charge in [0, 0.05) is 24.3 Å². The molecule has 2 aromatic rings. The Hall–Kier alpha value is -2.87. The number of carbonyl (C=O) groups excluding carboxylic acids is 2. The molecule has 2 atom stereocenters. The van der Waals surface area contributed by atoms with Gasteiger partial charge < -0.3 is 15.4 Å². The summed E-state index contributed by atoms with van der Waals surface area (Å²) in [4.78, 5) is 27.0. The lowest BCUT2D eigenvalue weighted by molar-refractivity contribution is 0.0525. The van der Waals surface area contributed by atoms with Gasteiger partial charge in [0.05, 0.1) is 24.2 Å². The first kappa shape index (κ1) is 20.4. The number of fused-ring (bicyclic) bond motifs is 1. The van der Waals surface area contributed by atoms with Crippen molar-refractivity contribution in [3.05, 3.63) is 41.7 Å². The fourth-order valence-corrected chi connectivity index (χ4v) is 4.52. The molecule has 0 aliphatic carbocycles. The molecule has 0 bridgehead atoms. The number of amides is 2. The summed E-state index contributed by atoms with van der Waals surface area (Å²) in [5, 5.41) is 10.4. The second-order valence-corrected chi connectivity index (χ2v) is 7.92. The first-order valence-electron chi connectivity index (χ1n) is 10.7. The van der Waals surface area contributed by atoms with Crippen LogP contribution in [-0.4, -0.2) is 58.5 Å². The van der Waals surface area contributed by atoms with Crippen LogP contribution in [0.4, 0.5) is 10.5 Å². The fraction of sp³-hybridized carbons (Fsp3) is 0.500. The Bertz CT molecular complexity index is 908. The third kappa shape index (κ3) is 4.18. The monoisotopic (exact) mass is 411 g/mol. The van der Waals surface area contributed by atoms with Gasteiger partial charge in [-0.05, 0) is 63.9 Å². The molecular formula is C22H29N5O3. The number of rotatable bonds is 5. The average Bonchev–Trinajstić information content (AvgIpc) is 3.33. The molecule has 2 N–H and O–H groups in total. The molecule has 8 heteroatoms. The van der Waals surface area contributed by atoms with E-state index in [0.29, 0.717) is 29.6 Å². The number of urea groups is 1. The summed E-state index contributed by atoms with van der Waals surface area (Å²) in [6.07, 6.45) is 6.20. The van der Waals surface area contributed by atoms with Gasteiger partial charge in [0.2, 0.25) is 0 Å². The van der Waals surface area contributed by atoms with Gasteiger partial charge in [-0.25, -0.2) is 14.3 Å². The predicted molar refractivity (Wildman–Crippen MR) is 114 cm³/mol. The summed E-state index contributed by atoms with van der Waals surface area (Å²) in [5.74, 6) is -0.375. The molecular weight excluding hydrogens is 382 g/mol. The van der Waals surface area contributed by atoms with Gasteiger partial charge in [0.25, 0.3) is 0 Å². The normalized spacial score (nSPS) is 21.1. The van der Waals surface area contributed by atoms with Gasteiger partial charge in [0.15, 0.2) is 0 Å². The van der Waals surface area contributed by atoms with Gasteiger partial charge in [-0.15, -0.1) is 0 Å². The van der Waals surface area contributed by atoms with Crippen LogP contribution in [0.5, 0.6) is 0 Å². The summed E-state index contributed by atoms with van der Waals surface area (Å²) in [6.45, 7) is 6.15. The van der Waals surface area contributed by atoms with Crippen molar-refractivity contribution >= 4 is 17.7 Å². The van der Waals surface area contributed by atoms with Crippen molar-refractivity contribution in [1.29, 1.82) is 0 Å². The summed E-state index contributed by atoms with van der Waals surface area (Å²) < 4.78 is 6.75. The number of aromatic nitrogens is 2. The number of ether oxygens (including phenoxy) is 1. The minimum absolute atomic E-state index is 0.167. The van der Waals surface area contributed by atoms with Crippen LogP contribution in [-0.2, 0) is 4.74 Å². The quantitative estimate of drug-likeness (QED) is 0.738. The van der Waals surface area contributed by atoms with Crippen molar-refractivity contribution in [3.63, 3.8) is 0 Å². The molecule has 0 spiro atoms. The fourth-order valence-electron chi connectivity index (χ4n) is 4.52. The number of anilines is 1. The predicted octanol–water partition coefficient (Wildman–Crippen LogP) is 3.11. The van der Waals surface area contributed by atoms with Crippen LogP contribution in [0, 0.1) is 6.92 Å². The molecule has 2 saturated heterocycles. The van der Waals surface area contributed by atoms with Gasteiger partial charge in [-0.3, -0.25) is 4.90 Å². The van der Waals surface area contributed by atoms with E-state index in [0.717, 1.165) is 31.6 Å². The number of hydrogen-bond acceptors (Lipinski definition) is 5. The van der Waals surface area contributed by atoms with E-state index in [1.807, 2.05) is 31.2 Å². The third-order valence-corrected chi connectivity index (χ3v) is 6.05. The van der Waals surface area contributed by atoms with Crippen molar-refractivity contribution in [1.82, 2.24) is 20.0 Å². The van der Waals surface area contributed by atoms with E-state index in [-0.39, 0.29) is 18.0 Å². The highest BCUT2D eigenvalue weighted by Crippen LogP contribution is 2.27. The molecule has 2 fully saturated rings. The number of hydrogen-bond donors (Lipinski definition) is 2. The summed E-state index contributed by atoms with van der Waals surface area (Å²) in [7, 11) is 0. The Labute approximate surface area is 176 Å². The molecule has 2 amide bonds. The Morgan fingerprint density at radius 3 is 2.73 bits per heavy atom. The van der Waals surface area contributed by atoms with E-state index in [2.05, 4.69) is 20.6 Å². The molecule has 1 aromatic carbocycles. The number of piperidine rings is 1. The van der Waals surface area contributed by atoms with E-state index < -0.39 is 0 Å². The maximum Gasteiger partial charge on any atom is 0.341 e. The lowest BCUT2D eigenvalue weighted by Gasteiger charge is -2.32. The van der Waals surface area contributed by atoms with E-state index in [1.165, 1.54) is 19.0 Å². The van der Waals surface area contributed by atoms with Crippen molar-refractivity contribution in [2.75, 3.05) is 25.0 Å². The molecule has 3 heterocycles. The molecule has 4 rings (SSSR count). The summed E-state index contributed by atoms with van der Waals surface area (Å²) in [6, 6.07) is 7.93. The topological polar surface area (TPSA) is 88.5 Å². The SMILES string of the molecule is CCOC(=O)c1cnn(-c2ccc(NC(=O)N[C@@H]3CCN4CCCC[C@@H]34)cc2)c1C. The Morgan fingerprint density at radius 1 is 1.17 bits per heavy atom. The van der Waals surface area contributed by atoms with Crippen molar-refractivity contribution in [2.45, 2.75) is 51.6 Å². The molecule has 1 aromatic heterocycles. The maximum atomic E-state index is 12.5. The van der Waals surface area contributed by atoms with Gasteiger partial charge in [0.1, 0.15) is 5.56 Å². The molecule has 160 valence electrons. The molecule has 2 aliphatic heterocycles. The minimum Gasteiger partial charge on any atom is -0.462 e. The van der Waals surface area contributed by atoms with Crippen LogP contribution < -0.4 is 10.6 Å². The van der Waals surface area contributed by atoms with Crippen LogP contribution in [0.3, 0.4) is 0 Å². The summed E-state index contributed by atoms with van der Waals surface area (Å²) >= 11 is 0. The number of nitrogens with zero attached hydrogens (tertiary/aromatic N) is 3. The van der Waals surface area contributed by atoms with Crippen molar-refractivity contribution in [2.24, 2.45) is 0 Å². The largest absolute Gasteiger partial charge is 0.462 e. The van der Waals surface area contributed by atoms with E-state index in [1.54, 1.807) is 11.6 Å². The number of carbonyl (C=O) groups is 2. The molecule has 8 nitrogen and oxygen atoms in total. The highest BCUT2D eigenvalue weighted by Gasteiger charge is 2.36. The average molecular weight is 412 g/mol. The Kier molecular flexibility index (Phi) is 6.03. The molecule has 0 unspecified atom stereocenters. The first-order valence-corrected chi connectivity index (χ1v) is 10.7. The van der Waals surface area contributed by atoms with E-state index in [4.69, 9.17) is 4.74 Å². The molecule has 30 heavy (non-hydrogen) atoms. The molecule has 0 saturated carbocycles. The van der Waals surface area contributed by atoms with Gasteiger partial charge in [-0.2, -0.15) is 5.10 Å². The Morgan fingerprint density at radius 2 is 1.97 bits per heavy atom. The zero-order chi connectivity index (χ0) is 21.1. The van der Waals surface area contributed by atoms with E-state index >= 15 is 0 Å². The highest BCUT2D eigenvalue weighted by molar-refractivity contribution is 5.91. The van der Waals surface area contributed by atoms with Crippen LogP contribution in [0.25, 0.3) is 5.69 Å². The Balaban J connectivity index is 1.37. The first-order chi connectivity index (χ1) is 14.6. The maximum absolute atomic E-state index is 12.5. The van der Waals surface area contributed by atoms with Crippen molar-refractivity contribution < 1.29 is 14.3 Å². The molecule has 0 radical (unpaired) electrons.